The number of hydrogen-bond acceptors (Lipinski definition) is 6. The molecule has 0 aromatic rings. The molecule has 4 unspecified atom stereocenters. The van der Waals surface area contributed by atoms with Crippen LogP contribution in [0.4, 0.5) is 8.78 Å². The number of halogens is 2. The minimum absolute atomic E-state index is 0.141. The molecule has 0 radical (unpaired) electrons. The van der Waals surface area contributed by atoms with Crippen LogP contribution in [0, 0.1) is 23.2 Å². The van der Waals surface area contributed by atoms with Crippen LogP contribution in [-0.4, -0.2) is 36.2 Å². The molecule has 4 atom stereocenters. The van der Waals surface area contributed by atoms with Crippen LogP contribution in [0.15, 0.2) is 0 Å². The Balaban J connectivity index is 1.64. The fraction of sp³-hybridized carbons (Fsp3) is 0.812. The molecule has 0 N–H and O–H groups in total. The number of ether oxygens (including phenoxy) is 3. The van der Waals surface area contributed by atoms with Crippen LogP contribution in [-0.2, 0) is 28.6 Å². The molecule has 0 aromatic heterocycles. The Hall–Kier alpha value is -1.73. The summed E-state index contributed by atoms with van der Waals surface area (Å²) >= 11 is 0. The second-order valence-corrected chi connectivity index (χ2v) is 7.73. The molecule has 0 aromatic carbocycles. The second kappa shape index (κ2) is 5.13. The van der Waals surface area contributed by atoms with Gasteiger partial charge in [0.1, 0.15) is 6.61 Å². The zero-order chi connectivity index (χ0) is 17.9. The molecule has 24 heavy (non-hydrogen) atoms. The van der Waals surface area contributed by atoms with Crippen molar-refractivity contribution in [3.05, 3.63) is 0 Å². The van der Waals surface area contributed by atoms with Crippen molar-refractivity contribution < 1.29 is 37.4 Å². The van der Waals surface area contributed by atoms with Crippen molar-refractivity contribution >= 4 is 17.9 Å². The number of hydrogen-bond donors (Lipinski definition) is 0. The quantitative estimate of drug-likeness (QED) is 0.709. The molecule has 2 saturated carbocycles. The molecular formula is C16H20F2O6. The van der Waals surface area contributed by atoms with E-state index in [0.717, 1.165) is 12.8 Å². The SMILES string of the molecule is CC(F)(F)C(=O)OCC(C)(C)C(=O)OC12CC3CC(C(=O)O1)C2C3. The number of rotatable bonds is 5. The molecule has 1 heterocycles. The lowest BCUT2D eigenvalue weighted by atomic mass is 9.86. The van der Waals surface area contributed by atoms with Crippen LogP contribution in [0.2, 0.25) is 0 Å². The van der Waals surface area contributed by atoms with Gasteiger partial charge in [0.05, 0.1) is 17.3 Å². The lowest BCUT2D eigenvalue weighted by Crippen LogP contribution is -2.45. The average molecular weight is 346 g/mol. The standard InChI is InChI=1S/C16H20F2O6/c1-14(2,7-22-13(21)15(3,17)18)12(20)24-16-6-8-4-9(10(16)5-8)11(19)23-16/h8-10H,4-7H2,1-3H3. The topological polar surface area (TPSA) is 78.9 Å². The van der Waals surface area contributed by atoms with E-state index < -0.39 is 35.7 Å². The molecule has 3 rings (SSSR count). The lowest BCUT2D eigenvalue weighted by Gasteiger charge is -2.33. The van der Waals surface area contributed by atoms with E-state index in [1.807, 2.05) is 0 Å². The van der Waals surface area contributed by atoms with E-state index >= 15 is 0 Å². The summed E-state index contributed by atoms with van der Waals surface area (Å²) in [6, 6.07) is 0. The van der Waals surface area contributed by atoms with Crippen LogP contribution in [0.25, 0.3) is 0 Å². The number of carbonyl (C=O) groups excluding carboxylic acids is 3. The monoisotopic (exact) mass is 346 g/mol. The van der Waals surface area contributed by atoms with Crippen molar-refractivity contribution in [2.45, 2.75) is 51.7 Å². The van der Waals surface area contributed by atoms with Gasteiger partial charge in [-0.05, 0) is 32.6 Å². The first-order chi connectivity index (χ1) is 10.9. The van der Waals surface area contributed by atoms with Crippen molar-refractivity contribution in [2.24, 2.45) is 23.2 Å². The summed E-state index contributed by atoms with van der Waals surface area (Å²) in [5, 5.41) is 0. The molecule has 6 nitrogen and oxygen atoms in total. The van der Waals surface area contributed by atoms with Gasteiger partial charge in [-0.3, -0.25) is 9.59 Å². The molecule has 1 aliphatic heterocycles. The Labute approximate surface area is 137 Å². The van der Waals surface area contributed by atoms with E-state index in [4.69, 9.17) is 9.47 Å². The van der Waals surface area contributed by atoms with E-state index in [1.54, 1.807) is 0 Å². The van der Waals surface area contributed by atoms with Gasteiger partial charge in [0.25, 0.3) is 5.79 Å². The van der Waals surface area contributed by atoms with Crippen molar-refractivity contribution in [1.82, 2.24) is 0 Å². The molecule has 0 amide bonds. The molecule has 3 fully saturated rings. The number of fused-ring (bicyclic) bond motifs is 1. The first-order valence-electron chi connectivity index (χ1n) is 7.96. The molecule has 3 aliphatic rings. The van der Waals surface area contributed by atoms with Crippen molar-refractivity contribution in [3.63, 3.8) is 0 Å². The van der Waals surface area contributed by atoms with E-state index in [9.17, 15) is 23.2 Å². The summed E-state index contributed by atoms with van der Waals surface area (Å²) in [6.45, 7) is 2.73. The first kappa shape index (κ1) is 17.1. The number of carbonyl (C=O) groups is 3. The summed E-state index contributed by atoms with van der Waals surface area (Å²) in [4.78, 5) is 35.5. The van der Waals surface area contributed by atoms with Gasteiger partial charge in [-0.2, -0.15) is 8.78 Å². The number of esters is 3. The Bertz CT molecular complexity index is 596. The van der Waals surface area contributed by atoms with Crippen LogP contribution in [0.1, 0.15) is 40.0 Å². The van der Waals surface area contributed by atoms with Crippen molar-refractivity contribution in [3.8, 4) is 0 Å². The summed E-state index contributed by atoms with van der Waals surface area (Å²) < 4.78 is 41.1. The fourth-order valence-electron chi connectivity index (χ4n) is 3.84. The normalized spacial score (nSPS) is 34.2. The highest BCUT2D eigenvalue weighted by atomic mass is 19.3. The van der Waals surface area contributed by atoms with E-state index in [0.29, 0.717) is 19.3 Å². The van der Waals surface area contributed by atoms with Crippen LogP contribution in [0.3, 0.4) is 0 Å². The zero-order valence-electron chi connectivity index (χ0n) is 13.8. The predicted molar refractivity (Wildman–Crippen MR) is 74.6 cm³/mol. The van der Waals surface area contributed by atoms with Gasteiger partial charge in [0.15, 0.2) is 0 Å². The van der Waals surface area contributed by atoms with Gasteiger partial charge in [0, 0.05) is 13.3 Å². The maximum atomic E-state index is 12.8. The van der Waals surface area contributed by atoms with Gasteiger partial charge < -0.3 is 14.2 Å². The van der Waals surface area contributed by atoms with Gasteiger partial charge >= 0.3 is 23.8 Å². The highest BCUT2D eigenvalue weighted by molar-refractivity contribution is 5.81. The van der Waals surface area contributed by atoms with Crippen LogP contribution >= 0.6 is 0 Å². The van der Waals surface area contributed by atoms with Gasteiger partial charge in [0.2, 0.25) is 0 Å². The maximum Gasteiger partial charge on any atom is 0.376 e. The molecule has 1 saturated heterocycles. The minimum atomic E-state index is -3.63. The smallest absolute Gasteiger partial charge is 0.376 e. The highest BCUT2D eigenvalue weighted by Gasteiger charge is 2.68. The molecule has 134 valence electrons. The van der Waals surface area contributed by atoms with Gasteiger partial charge in [-0.25, -0.2) is 4.79 Å². The van der Waals surface area contributed by atoms with Crippen LogP contribution in [0.5, 0.6) is 0 Å². The Morgan fingerprint density at radius 1 is 1.25 bits per heavy atom. The van der Waals surface area contributed by atoms with Crippen molar-refractivity contribution in [2.75, 3.05) is 6.61 Å². The maximum absolute atomic E-state index is 12.8. The third-order valence-corrected chi connectivity index (χ3v) is 5.12. The zero-order valence-corrected chi connectivity index (χ0v) is 13.8. The van der Waals surface area contributed by atoms with E-state index in [2.05, 4.69) is 4.74 Å². The molecule has 2 aliphatic carbocycles. The lowest BCUT2D eigenvalue weighted by molar-refractivity contribution is -0.231. The van der Waals surface area contributed by atoms with Crippen LogP contribution < -0.4 is 0 Å². The highest BCUT2D eigenvalue weighted by Crippen LogP contribution is 2.61. The minimum Gasteiger partial charge on any atom is -0.460 e. The van der Waals surface area contributed by atoms with E-state index in [1.165, 1.54) is 13.8 Å². The predicted octanol–water partition coefficient (Wildman–Crippen LogP) is 2.05. The largest absolute Gasteiger partial charge is 0.460 e. The summed E-state index contributed by atoms with van der Waals surface area (Å²) in [7, 11) is 0. The number of alkyl halides is 2. The summed E-state index contributed by atoms with van der Waals surface area (Å²) in [5.41, 5.74) is -1.33. The summed E-state index contributed by atoms with van der Waals surface area (Å²) in [5.74, 6) is -7.73. The third kappa shape index (κ3) is 2.65. The van der Waals surface area contributed by atoms with Gasteiger partial charge in [-0.1, -0.05) is 0 Å². The molecular weight excluding hydrogens is 326 g/mol. The second-order valence-electron chi connectivity index (χ2n) is 7.73. The molecule has 8 heteroatoms. The average Bonchev–Trinajstić information content (AvgIpc) is 3.04. The van der Waals surface area contributed by atoms with E-state index in [-0.39, 0.29) is 17.8 Å². The fourth-order valence-corrected chi connectivity index (χ4v) is 3.84. The Morgan fingerprint density at radius 2 is 1.92 bits per heavy atom. The Kier molecular flexibility index (Phi) is 3.66. The third-order valence-electron chi connectivity index (χ3n) is 5.12. The van der Waals surface area contributed by atoms with Crippen molar-refractivity contribution in [1.29, 1.82) is 0 Å². The summed E-state index contributed by atoms with van der Waals surface area (Å²) in [6.07, 6.45) is 2.01. The first-order valence-corrected chi connectivity index (χ1v) is 7.96. The molecule has 2 bridgehead atoms. The molecule has 0 spiro atoms. The Morgan fingerprint density at radius 3 is 2.50 bits per heavy atom. The van der Waals surface area contributed by atoms with Gasteiger partial charge in [-0.15, -0.1) is 0 Å².